The molecule has 0 amide bonds. The predicted octanol–water partition coefficient (Wildman–Crippen LogP) is 17.7. The highest BCUT2D eigenvalue weighted by Gasteiger charge is 2.57. The Morgan fingerprint density at radius 3 is 1.96 bits per heavy atom. The summed E-state index contributed by atoms with van der Waals surface area (Å²) in [5, 5.41) is 0. The van der Waals surface area contributed by atoms with Crippen LogP contribution in [0.4, 0.5) is 0 Å². The van der Waals surface area contributed by atoms with Gasteiger partial charge >= 0.3 is 11.9 Å². The van der Waals surface area contributed by atoms with Crippen LogP contribution in [0.3, 0.4) is 0 Å². The molecule has 7 heteroatoms. The monoisotopic (exact) mass is 987 g/mol. The highest BCUT2D eigenvalue weighted by Crippen LogP contribution is 2.62. The van der Waals surface area contributed by atoms with E-state index in [1.807, 2.05) is 0 Å². The van der Waals surface area contributed by atoms with E-state index in [9.17, 15) is 9.59 Å². The lowest BCUT2D eigenvalue weighted by molar-refractivity contribution is -0.159. The maximum atomic E-state index is 12.8. The van der Waals surface area contributed by atoms with Crippen LogP contribution in [0.15, 0.2) is 60.3 Å². The van der Waals surface area contributed by atoms with Crippen molar-refractivity contribution in [3.05, 3.63) is 60.3 Å². The zero-order chi connectivity index (χ0) is 50.2. The Hall–Kier alpha value is -2.48. The van der Waals surface area contributed by atoms with Gasteiger partial charge in [0.1, 0.15) is 18.8 Å². The number of esters is 2. The van der Waals surface area contributed by atoms with Crippen LogP contribution in [-0.2, 0) is 33.3 Å². The van der Waals surface area contributed by atoms with Crippen molar-refractivity contribution in [2.45, 2.75) is 290 Å². The molecular formula is C64H106O7. The summed E-state index contributed by atoms with van der Waals surface area (Å²) < 4.78 is 30.6. The molecule has 1 aliphatic heterocycles. The average Bonchev–Trinajstić information content (AvgIpc) is 3.98. The predicted molar refractivity (Wildman–Crippen MR) is 294 cm³/mol. The summed E-state index contributed by atoms with van der Waals surface area (Å²) in [4.78, 5) is 25.3. The third-order valence-electron chi connectivity index (χ3n) is 17.2. The fraction of sp³-hybridized carbons (Fsp3) is 0.812. The quantitative estimate of drug-likeness (QED) is 0.0346. The smallest absolute Gasteiger partial charge is 0.306 e. The van der Waals surface area contributed by atoms with Crippen molar-refractivity contribution in [1.29, 1.82) is 0 Å². The van der Waals surface area contributed by atoms with E-state index in [1.165, 1.54) is 135 Å². The molecule has 4 fully saturated rings. The van der Waals surface area contributed by atoms with Crippen LogP contribution in [0.2, 0.25) is 0 Å². The molecule has 1 saturated heterocycles. The van der Waals surface area contributed by atoms with Gasteiger partial charge in [0.25, 0.3) is 0 Å². The Morgan fingerprint density at radius 1 is 0.648 bits per heavy atom. The zero-order valence-electron chi connectivity index (χ0n) is 46.1. The normalized spacial score (nSPS) is 27.9. The summed E-state index contributed by atoms with van der Waals surface area (Å²) >= 11 is 0. The van der Waals surface area contributed by atoms with E-state index in [0.717, 1.165) is 95.3 Å². The first kappa shape index (κ1) is 59.4. The van der Waals surface area contributed by atoms with Crippen LogP contribution in [0.5, 0.6) is 0 Å². The average molecular weight is 988 g/mol. The number of hydrogen-bond acceptors (Lipinski definition) is 7. The van der Waals surface area contributed by atoms with E-state index < -0.39 is 0 Å². The first-order chi connectivity index (χ1) is 34.8. The molecule has 404 valence electrons. The lowest BCUT2D eigenvalue weighted by Crippen LogP contribution is -2.48. The van der Waals surface area contributed by atoms with E-state index in [-0.39, 0.29) is 48.1 Å². The Morgan fingerprint density at radius 2 is 1.25 bits per heavy atom. The maximum absolute atomic E-state index is 12.8. The van der Waals surface area contributed by atoms with Crippen LogP contribution >= 0.6 is 0 Å². The van der Waals surface area contributed by atoms with Gasteiger partial charge in [0, 0.05) is 18.3 Å². The highest BCUT2D eigenvalue weighted by molar-refractivity contribution is 5.69. The molecular weight excluding hydrogens is 881 g/mol. The largest absolute Gasteiger partial charge is 0.463 e. The fourth-order valence-corrected chi connectivity index (χ4v) is 13.0. The summed E-state index contributed by atoms with van der Waals surface area (Å²) in [5.74, 6) is 2.86. The summed E-state index contributed by atoms with van der Waals surface area (Å²) in [5.41, 5.74) is 1.82. The van der Waals surface area contributed by atoms with Crippen molar-refractivity contribution in [3.63, 3.8) is 0 Å². The Bertz CT molecular complexity index is 1590. The number of unbranched alkanes of at least 4 members (excludes halogenated alkanes) is 19. The topological polar surface area (TPSA) is 80.3 Å². The Balaban J connectivity index is 0.901. The van der Waals surface area contributed by atoms with Crippen LogP contribution in [0, 0.1) is 29.1 Å². The molecule has 5 aliphatic rings. The van der Waals surface area contributed by atoms with Crippen molar-refractivity contribution in [2.75, 3.05) is 13.2 Å². The van der Waals surface area contributed by atoms with Gasteiger partial charge in [-0.3, -0.25) is 9.59 Å². The minimum Gasteiger partial charge on any atom is -0.463 e. The van der Waals surface area contributed by atoms with Gasteiger partial charge < -0.3 is 23.7 Å². The second-order valence-electron chi connectivity index (χ2n) is 22.8. The molecule has 7 nitrogen and oxygen atoms in total. The second-order valence-corrected chi connectivity index (χ2v) is 22.8. The van der Waals surface area contributed by atoms with Crippen LogP contribution in [0.1, 0.15) is 259 Å². The maximum Gasteiger partial charge on any atom is 0.306 e. The third kappa shape index (κ3) is 22.1. The number of carbonyl (C=O) groups is 2. The molecule has 0 radical (unpaired) electrons. The first-order valence-electron chi connectivity index (χ1n) is 30.5. The summed E-state index contributed by atoms with van der Waals surface area (Å²) in [6.07, 6.45) is 62.1. The van der Waals surface area contributed by atoms with Gasteiger partial charge in [-0.2, -0.15) is 0 Å². The summed E-state index contributed by atoms with van der Waals surface area (Å²) in [6, 6.07) is 0. The number of allylic oxidation sites excluding steroid dienone is 7. The molecule has 4 aliphatic carbocycles. The highest BCUT2D eigenvalue weighted by atomic mass is 16.7. The van der Waals surface area contributed by atoms with E-state index in [2.05, 4.69) is 82.4 Å². The molecule has 0 aromatic rings. The second kappa shape index (κ2) is 35.7. The summed E-state index contributed by atoms with van der Waals surface area (Å²) in [6.45, 7) is 10.0. The zero-order valence-corrected chi connectivity index (χ0v) is 46.1. The molecule has 1 heterocycles. The molecule has 10 atom stereocenters. The number of fused-ring (bicyclic) bond motifs is 5. The van der Waals surface area contributed by atoms with E-state index in [0.29, 0.717) is 37.9 Å². The van der Waals surface area contributed by atoms with Gasteiger partial charge in [0.05, 0.1) is 18.8 Å². The van der Waals surface area contributed by atoms with Crippen molar-refractivity contribution in [1.82, 2.24) is 0 Å². The number of rotatable bonds is 38. The van der Waals surface area contributed by atoms with Gasteiger partial charge in [0.2, 0.25) is 0 Å². The van der Waals surface area contributed by atoms with Crippen molar-refractivity contribution in [3.8, 4) is 0 Å². The Labute approximate surface area is 435 Å². The fourth-order valence-electron chi connectivity index (χ4n) is 13.0. The lowest BCUT2D eigenvalue weighted by Gasteiger charge is -2.54. The van der Waals surface area contributed by atoms with Gasteiger partial charge in [-0.15, -0.1) is 0 Å². The van der Waals surface area contributed by atoms with Gasteiger partial charge in [-0.1, -0.05) is 171 Å². The molecule has 71 heavy (non-hydrogen) atoms. The minimum atomic E-state index is -0.160. The van der Waals surface area contributed by atoms with Crippen molar-refractivity contribution in [2.24, 2.45) is 29.1 Å². The molecule has 0 aromatic carbocycles. The molecule has 3 saturated carbocycles. The van der Waals surface area contributed by atoms with Crippen LogP contribution in [0.25, 0.3) is 0 Å². The SMILES string of the molecule is CCCCC/C=C\C/C=C\CCCCCCCC1OCC(COC(=O)CCCCCCC/C=C\C(/C=C\CCCCC)OC2C=C3CC[C@@H]4C(CC[C@@]5(C)C4CC[C@@H]5OC(=O)CCCCCC)[C@H]3CC2)O1. The molecule has 0 bridgehead atoms. The number of ether oxygens (including phenoxy) is 5. The van der Waals surface area contributed by atoms with E-state index >= 15 is 0 Å². The number of carbonyl (C=O) groups excluding carboxylic acids is 2. The van der Waals surface area contributed by atoms with Crippen LogP contribution < -0.4 is 0 Å². The lowest BCUT2D eigenvalue weighted by atomic mass is 9.52. The molecule has 0 aromatic heterocycles. The first-order valence-corrected chi connectivity index (χ1v) is 30.5. The molecule has 5 rings (SSSR count). The van der Waals surface area contributed by atoms with Gasteiger partial charge in [-0.05, 0) is 159 Å². The Kier molecular flexibility index (Phi) is 29.8. The minimum absolute atomic E-state index is 0.0141. The van der Waals surface area contributed by atoms with Crippen molar-refractivity contribution >= 4 is 11.9 Å². The van der Waals surface area contributed by atoms with E-state index in [1.54, 1.807) is 5.57 Å². The molecule has 6 unspecified atom stereocenters. The molecule has 0 spiro atoms. The van der Waals surface area contributed by atoms with Crippen molar-refractivity contribution < 1.29 is 33.3 Å². The summed E-state index contributed by atoms with van der Waals surface area (Å²) in [7, 11) is 0. The number of hydrogen-bond donors (Lipinski definition) is 0. The van der Waals surface area contributed by atoms with E-state index in [4.69, 9.17) is 23.7 Å². The van der Waals surface area contributed by atoms with Gasteiger partial charge in [0.15, 0.2) is 6.29 Å². The third-order valence-corrected chi connectivity index (χ3v) is 17.2. The molecule has 0 N–H and O–H groups in total. The standard InChI is InChI=1S/C64H106O7/c1-5-8-11-14-15-16-17-18-19-20-21-22-26-30-35-40-63-68-51-55(70-63)50-67-61(65)38-34-29-25-23-24-28-32-37-53(36-31-27-12-9-6-2)69-54-42-44-56-52(49-54)41-43-58-57(56)47-48-64(4)59(58)45-46-60(64)71-62(66)39-33-13-10-7-3/h15-16,18-19,31-32,36-37,49,53-60,63H,5-14,17,20-30,33-35,38-48,50-51H2,1-4H3/b16-15-,19-18-,36-31-,37-32-/t53?,54?,55?,56-,57?,58+,59?,60-,63?,64-/m0/s1. The van der Waals surface area contributed by atoms with Crippen LogP contribution in [-0.4, -0.2) is 55.9 Å². The van der Waals surface area contributed by atoms with Gasteiger partial charge in [-0.25, -0.2) is 0 Å².